The zero-order chi connectivity index (χ0) is 22.4. The molecule has 8 heteroatoms. The van der Waals surface area contributed by atoms with E-state index in [0.717, 1.165) is 11.1 Å². The number of hydrogen-bond acceptors (Lipinski definition) is 4. The standard InChI is InChI=1S/C23H20Cl2N2O4/c1-31-21-9-5-16(6-10-21)15-26(12-11-17-7-8-19(24)14-22(17)25)23(28)18-3-2-4-20(13-18)27(29)30/h2-10,13-14H,11-12,15H2,1H3. The summed E-state index contributed by atoms with van der Waals surface area (Å²) < 4.78 is 5.18. The monoisotopic (exact) mass is 458 g/mol. The van der Waals surface area contributed by atoms with Crippen molar-refractivity contribution in [3.05, 3.63) is 104 Å². The van der Waals surface area contributed by atoms with Gasteiger partial charge < -0.3 is 9.64 Å². The van der Waals surface area contributed by atoms with E-state index in [-0.39, 0.29) is 17.2 Å². The Labute approximate surface area is 190 Å². The van der Waals surface area contributed by atoms with Crippen LogP contribution in [0.4, 0.5) is 5.69 Å². The van der Waals surface area contributed by atoms with E-state index < -0.39 is 4.92 Å². The van der Waals surface area contributed by atoms with Crippen molar-refractivity contribution < 1.29 is 14.5 Å². The first-order chi connectivity index (χ1) is 14.9. The van der Waals surface area contributed by atoms with E-state index in [4.69, 9.17) is 27.9 Å². The highest BCUT2D eigenvalue weighted by molar-refractivity contribution is 6.35. The van der Waals surface area contributed by atoms with Gasteiger partial charge in [-0.3, -0.25) is 14.9 Å². The van der Waals surface area contributed by atoms with Gasteiger partial charge in [0, 0.05) is 40.8 Å². The molecule has 0 bridgehead atoms. The molecule has 6 nitrogen and oxygen atoms in total. The molecule has 3 rings (SSSR count). The second-order valence-corrected chi connectivity index (χ2v) is 7.71. The van der Waals surface area contributed by atoms with Gasteiger partial charge in [-0.2, -0.15) is 0 Å². The average Bonchev–Trinajstić information content (AvgIpc) is 2.77. The van der Waals surface area contributed by atoms with Gasteiger partial charge in [-0.25, -0.2) is 0 Å². The number of hydrogen-bond donors (Lipinski definition) is 0. The molecule has 0 N–H and O–H groups in total. The van der Waals surface area contributed by atoms with E-state index in [1.807, 2.05) is 30.3 Å². The Hall–Kier alpha value is -3.09. The number of nitro benzene ring substituents is 1. The average molecular weight is 459 g/mol. The molecule has 0 aliphatic carbocycles. The van der Waals surface area contributed by atoms with Crippen molar-refractivity contribution in [2.75, 3.05) is 13.7 Å². The minimum atomic E-state index is -0.516. The second-order valence-electron chi connectivity index (χ2n) is 6.87. The fourth-order valence-corrected chi connectivity index (χ4v) is 3.62. The van der Waals surface area contributed by atoms with Crippen LogP contribution in [0.3, 0.4) is 0 Å². The molecule has 0 radical (unpaired) electrons. The van der Waals surface area contributed by atoms with Crippen LogP contribution in [0.25, 0.3) is 0 Å². The lowest BCUT2D eigenvalue weighted by Gasteiger charge is -2.23. The van der Waals surface area contributed by atoms with Gasteiger partial charge in [0.15, 0.2) is 0 Å². The molecule has 0 unspecified atom stereocenters. The van der Waals surface area contributed by atoms with Crippen LogP contribution in [0.2, 0.25) is 10.0 Å². The van der Waals surface area contributed by atoms with Crippen LogP contribution in [0.5, 0.6) is 5.75 Å². The highest BCUT2D eigenvalue weighted by atomic mass is 35.5. The Morgan fingerprint density at radius 1 is 1.06 bits per heavy atom. The number of rotatable bonds is 8. The first-order valence-electron chi connectivity index (χ1n) is 9.48. The van der Waals surface area contributed by atoms with Crippen LogP contribution < -0.4 is 4.74 Å². The van der Waals surface area contributed by atoms with Crippen LogP contribution in [-0.2, 0) is 13.0 Å². The molecule has 31 heavy (non-hydrogen) atoms. The second kappa shape index (κ2) is 10.3. The van der Waals surface area contributed by atoms with E-state index in [2.05, 4.69) is 0 Å². The van der Waals surface area contributed by atoms with Crippen LogP contribution in [0.1, 0.15) is 21.5 Å². The van der Waals surface area contributed by atoms with Crippen LogP contribution in [0.15, 0.2) is 66.7 Å². The smallest absolute Gasteiger partial charge is 0.270 e. The number of non-ortho nitro benzene ring substituents is 1. The van der Waals surface area contributed by atoms with Gasteiger partial charge in [0.05, 0.1) is 12.0 Å². The first-order valence-corrected chi connectivity index (χ1v) is 10.2. The summed E-state index contributed by atoms with van der Waals surface area (Å²) in [6.45, 7) is 0.700. The van der Waals surface area contributed by atoms with Crippen molar-refractivity contribution in [3.8, 4) is 5.75 Å². The SMILES string of the molecule is COc1ccc(CN(CCc2ccc(Cl)cc2Cl)C(=O)c2cccc([N+](=O)[O-])c2)cc1. The Bertz CT molecular complexity index is 1090. The predicted molar refractivity (Wildman–Crippen MR) is 121 cm³/mol. The summed E-state index contributed by atoms with van der Waals surface area (Å²) in [5.41, 5.74) is 1.89. The number of benzene rings is 3. The minimum absolute atomic E-state index is 0.129. The lowest BCUT2D eigenvalue weighted by Crippen LogP contribution is -2.32. The molecular formula is C23H20Cl2N2O4. The number of nitrogens with zero attached hydrogens (tertiary/aromatic N) is 2. The lowest BCUT2D eigenvalue weighted by atomic mass is 10.1. The van der Waals surface area contributed by atoms with E-state index in [9.17, 15) is 14.9 Å². The van der Waals surface area contributed by atoms with E-state index in [1.165, 1.54) is 18.2 Å². The molecule has 0 heterocycles. The maximum absolute atomic E-state index is 13.2. The number of methoxy groups -OCH3 is 1. The fraction of sp³-hybridized carbons (Fsp3) is 0.174. The highest BCUT2D eigenvalue weighted by Crippen LogP contribution is 2.23. The third kappa shape index (κ3) is 5.96. The summed E-state index contributed by atoms with van der Waals surface area (Å²) >= 11 is 12.3. The summed E-state index contributed by atoms with van der Waals surface area (Å²) in [6, 6.07) is 18.4. The molecular weight excluding hydrogens is 439 g/mol. The summed E-state index contributed by atoms with van der Waals surface area (Å²) in [5.74, 6) is 0.415. The van der Waals surface area contributed by atoms with Crippen molar-refractivity contribution >= 4 is 34.8 Å². The van der Waals surface area contributed by atoms with Gasteiger partial charge in [0.25, 0.3) is 11.6 Å². The van der Waals surface area contributed by atoms with E-state index >= 15 is 0 Å². The third-order valence-corrected chi connectivity index (χ3v) is 5.38. The number of halogens is 2. The van der Waals surface area contributed by atoms with Gasteiger partial charge >= 0.3 is 0 Å². The molecule has 1 amide bonds. The molecule has 0 aliphatic rings. The quantitative estimate of drug-likeness (QED) is 0.316. The Balaban J connectivity index is 1.85. The molecule has 0 spiro atoms. The van der Waals surface area contributed by atoms with Crippen molar-refractivity contribution in [3.63, 3.8) is 0 Å². The molecule has 0 saturated carbocycles. The van der Waals surface area contributed by atoms with Crippen molar-refractivity contribution in [1.82, 2.24) is 4.90 Å². The zero-order valence-electron chi connectivity index (χ0n) is 16.8. The number of ether oxygens (including phenoxy) is 1. The molecule has 0 aliphatic heterocycles. The Kier molecular flexibility index (Phi) is 7.50. The molecule has 0 aromatic heterocycles. The fourth-order valence-electron chi connectivity index (χ4n) is 3.12. The lowest BCUT2D eigenvalue weighted by molar-refractivity contribution is -0.384. The van der Waals surface area contributed by atoms with Crippen LogP contribution in [0, 0.1) is 10.1 Å². The summed E-state index contributed by atoms with van der Waals surface area (Å²) in [4.78, 5) is 25.5. The summed E-state index contributed by atoms with van der Waals surface area (Å²) in [7, 11) is 1.59. The molecule has 0 fully saturated rings. The van der Waals surface area contributed by atoms with Gasteiger partial charge in [0.1, 0.15) is 5.75 Å². The summed E-state index contributed by atoms with van der Waals surface area (Å²) in [6.07, 6.45) is 0.507. The highest BCUT2D eigenvalue weighted by Gasteiger charge is 2.19. The number of nitro groups is 1. The van der Waals surface area contributed by atoms with Crippen molar-refractivity contribution in [2.24, 2.45) is 0 Å². The molecule has 3 aromatic carbocycles. The van der Waals surface area contributed by atoms with E-state index in [0.29, 0.717) is 35.3 Å². The van der Waals surface area contributed by atoms with Gasteiger partial charge in [-0.1, -0.05) is 47.5 Å². The van der Waals surface area contributed by atoms with Crippen molar-refractivity contribution in [1.29, 1.82) is 0 Å². The van der Waals surface area contributed by atoms with Crippen LogP contribution >= 0.6 is 23.2 Å². The van der Waals surface area contributed by atoms with Crippen LogP contribution in [-0.4, -0.2) is 29.4 Å². The molecule has 0 atom stereocenters. The predicted octanol–water partition coefficient (Wildman–Crippen LogP) is 5.80. The Morgan fingerprint density at radius 3 is 2.45 bits per heavy atom. The largest absolute Gasteiger partial charge is 0.497 e. The number of carbonyl (C=O) groups excluding carboxylic acids is 1. The molecule has 3 aromatic rings. The maximum atomic E-state index is 13.2. The number of carbonyl (C=O) groups is 1. The maximum Gasteiger partial charge on any atom is 0.270 e. The topological polar surface area (TPSA) is 72.7 Å². The zero-order valence-corrected chi connectivity index (χ0v) is 18.3. The normalized spacial score (nSPS) is 10.5. The van der Waals surface area contributed by atoms with Gasteiger partial charge in [-0.05, 0) is 47.9 Å². The van der Waals surface area contributed by atoms with E-state index in [1.54, 1.807) is 30.2 Å². The van der Waals surface area contributed by atoms with Gasteiger partial charge in [0.2, 0.25) is 0 Å². The van der Waals surface area contributed by atoms with Crippen molar-refractivity contribution in [2.45, 2.75) is 13.0 Å². The first kappa shape index (κ1) is 22.6. The Morgan fingerprint density at radius 2 is 1.81 bits per heavy atom. The molecule has 0 saturated heterocycles. The molecule has 160 valence electrons. The number of amides is 1. The van der Waals surface area contributed by atoms with Gasteiger partial charge in [-0.15, -0.1) is 0 Å². The minimum Gasteiger partial charge on any atom is -0.497 e. The third-order valence-electron chi connectivity index (χ3n) is 4.79. The summed E-state index contributed by atoms with van der Waals surface area (Å²) in [5, 5.41) is 12.2.